The van der Waals surface area contributed by atoms with Crippen molar-refractivity contribution in [3.8, 4) is 11.1 Å². The van der Waals surface area contributed by atoms with E-state index >= 15 is 0 Å². The smallest absolute Gasteiger partial charge is 0.371 e. The maximum atomic E-state index is 10.8. The van der Waals surface area contributed by atoms with E-state index in [-0.39, 0.29) is 5.82 Å². The molecule has 0 spiro atoms. The summed E-state index contributed by atoms with van der Waals surface area (Å²) < 4.78 is 0. The molecular formula is C14H10N2O2. The van der Waals surface area contributed by atoms with Crippen molar-refractivity contribution in [3.05, 3.63) is 54.4 Å². The lowest BCUT2D eigenvalue weighted by Crippen LogP contribution is -1.97. The SMILES string of the molecule is O=C(O)c1nc2ccc(-c3ccccc3)cc2[nH]1. The van der Waals surface area contributed by atoms with Crippen LogP contribution in [-0.2, 0) is 0 Å². The number of aromatic nitrogens is 2. The molecule has 0 aliphatic heterocycles. The van der Waals surface area contributed by atoms with E-state index in [1.807, 2.05) is 48.5 Å². The number of aromatic amines is 1. The number of carboxylic acid groups (broad SMARTS) is 1. The molecule has 0 unspecified atom stereocenters. The minimum absolute atomic E-state index is 0.0322. The molecule has 0 atom stereocenters. The summed E-state index contributed by atoms with van der Waals surface area (Å²) in [6.07, 6.45) is 0. The van der Waals surface area contributed by atoms with Gasteiger partial charge in [0, 0.05) is 0 Å². The quantitative estimate of drug-likeness (QED) is 0.721. The van der Waals surface area contributed by atoms with Gasteiger partial charge in [0.2, 0.25) is 5.82 Å². The highest BCUT2D eigenvalue weighted by atomic mass is 16.4. The maximum absolute atomic E-state index is 10.8. The molecule has 0 saturated heterocycles. The van der Waals surface area contributed by atoms with Crippen LogP contribution in [0, 0.1) is 0 Å². The van der Waals surface area contributed by atoms with E-state index in [2.05, 4.69) is 9.97 Å². The zero-order chi connectivity index (χ0) is 12.5. The van der Waals surface area contributed by atoms with Gasteiger partial charge in [0.25, 0.3) is 0 Å². The Hall–Kier alpha value is -2.62. The van der Waals surface area contributed by atoms with E-state index in [0.29, 0.717) is 5.52 Å². The molecule has 0 bridgehead atoms. The molecule has 88 valence electrons. The number of fused-ring (bicyclic) bond motifs is 1. The Morgan fingerprint density at radius 2 is 1.83 bits per heavy atom. The van der Waals surface area contributed by atoms with Crippen molar-refractivity contribution >= 4 is 17.0 Å². The minimum atomic E-state index is -1.05. The van der Waals surface area contributed by atoms with Gasteiger partial charge >= 0.3 is 5.97 Å². The van der Waals surface area contributed by atoms with Crippen LogP contribution in [0.4, 0.5) is 0 Å². The second kappa shape index (κ2) is 4.00. The number of H-pyrrole nitrogens is 1. The fourth-order valence-corrected chi connectivity index (χ4v) is 1.92. The highest BCUT2D eigenvalue weighted by Crippen LogP contribution is 2.23. The summed E-state index contributed by atoms with van der Waals surface area (Å²) in [5.74, 6) is -1.08. The number of hydrogen-bond donors (Lipinski definition) is 2. The number of carbonyl (C=O) groups is 1. The van der Waals surface area contributed by atoms with E-state index < -0.39 is 5.97 Å². The molecule has 0 fully saturated rings. The Morgan fingerprint density at radius 1 is 1.06 bits per heavy atom. The minimum Gasteiger partial charge on any atom is -0.475 e. The van der Waals surface area contributed by atoms with Gasteiger partial charge < -0.3 is 10.1 Å². The summed E-state index contributed by atoms with van der Waals surface area (Å²) in [6.45, 7) is 0. The number of nitrogens with zero attached hydrogens (tertiary/aromatic N) is 1. The molecule has 18 heavy (non-hydrogen) atoms. The van der Waals surface area contributed by atoms with Gasteiger partial charge in [0.05, 0.1) is 11.0 Å². The fourth-order valence-electron chi connectivity index (χ4n) is 1.92. The molecule has 0 saturated carbocycles. The lowest BCUT2D eigenvalue weighted by Gasteiger charge is -2.00. The first-order valence-electron chi connectivity index (χ1n) is 5.52. The van der Waals surface area contributed by atoms with Crippen LogP contribution in [0.5, 0.6) is 0 Å². The highest BCUT2D eigenvalue weighted by molar-refractivity contribution is 5.90. The summed E-state index contributed by atoms with van der Waals surface area (Å²) in [5.41, 5.74) is 3.51. The van der Waals surface area contributed by atoms with E-state index in [1.165, 1.54) is 0 Å². The van der Waals surface area contributed by atoms with Gasteiger partial charge in [-0.25, -0.2) is 9.78 Å². The number of nitrogens with one attached hydrogen (secondary N) is 1. The topological polar surface area (TPSA) is 66.0 Å². The van der Waals surface area contributed by atoms with Gasteiger partial charge in [0.1, 0.15) is 0 Å². The first kappa shape index (κ1) is 10.5. The Balaban J connectivity index is 2.14. The zero-order valence-electron chi connectivity index (χ0n) is 9.42. The van der Waals surface area contributed by atoms with E-state index in [9.17, 15) is 4.79 Å². The Kier molecular flexibility index (Phi) is 2.34. The third-order valence-electron chi connectivity index (χ3n) is 2.79. The van der Waals surface area contributed by atoms with Gasteiger partial charge in [-0.3, -0.25) is 0 Å². The predicted octanol–water partition coefficient (Wildman–Crippen LogP) is 2.93. The lowest BCUT2D eigenvalue weighted by molar-refractivity contribution is 0.0685. The second-order valence-corrected chi connectivity index (χ2v) is 3.99. The molecule has 0 radical (unpaired) electrons. The van der Waals surface area contributed by atoms with Crippen molar-refractivity contribution in [2.24, 2.45) is 0 Å². The summed E-state index contributed by atoms with van der Waals surface area (Å²) in [6, 6.07) is 15.6. The molecule has 0 aliphatic rings. The Bertz CT molecular complexity index is 717. The molecule has 4 heteroatoms. The summed E-state index contributed by atoms with van der Waals surface area (Å²) >= 11 is 0. The number of rotatable bonds is 2. The normalized spacial score (nSPS) is 10.7. The molecule has 2 aromatic carbocycles. The van der Waals surface area contributed by atoms with Crippen molar-refractivity contribution in [2.45, 2.75) is 0 Å². The average Bonchev–Trinajstić information content (AvgIpc) is 2.82. The third kappa shape index (κ3) is 1.73. The fraction of sp³-hybridized carbons (Fsp3) is 0. The van der Waals surface area contributed by atoms with Crippen molar-refractivity contribution in [3.63, 3.8) is 0 Å². The van der Waals surface area contributed by atoms with Crippen LogP contribution in [0.3, 0.4) is 0 Å². The molecule has 2 N–H and O–H groups in total. The van der Waals surface area contributed by atoms with Crippen LogP contribution in [0.25, 0.3) is 22.2 Å². The molecule has 3 aromatic rings. The first-order valence-corrected chi connectivity index (χ1v) is 5.52. The highest BCUT2D eigenvalue weighted by Gasteiger charge is 2.09. The summed E-state index contributed by atoms with van der Waals surface area (Å²) in [5, 5.41) is 8.88. The standard InChI is InChI=1S/C14H10N2O2/c17-14(18)13-15-11-7-6-10(8-12(11)16-13)9-4-2-1-3-5-9/h1-8H,(H,15,16)(H,17,18). The summed E-state index contributed by atoms with van der Waals surface area (Å²) in [7, 11) is 0. The molecule has 4 nitrogen and oxygen atoms in total. The molecule has 1 heterocycles. The first-order chi connectivity index (χ1) is 8.74. The molecule has 0 amide bonds. The van der Waals surface area contributed by atoms with Crippen LogP contribution < -0.4 is 0 Å². The average molecular weight is 238 g/mol. The van der Waals surface area contributed by atoms with Crippen molar-refractivity contribution in [2.75, 3.05) is 0 Å². The van der Waals surface area contributed by atoms with Gasteiger partial charge in [-0.05, 0) is 23.3 Å². The molecule has 1 aromatic heterocycles. The molecule has 3 rings (SSSR count). The van der Waals surface area contributed by atoms with Crippen LogP contribution in [0.1, 0.15) is 10.6 Å². The lowest BCUT2D eigenvalue weighted by atomic mass is 10.1. The monoisotopic (exact) mass is 238 g/mol. The van der Waals surface area contributed by atoms with Crippen LogP contribution in [-0.4, -0.2) is 21.0 Å². The molecule has 0 aliphatic carbocycles. The predicted molar refractivity (Wildman–Crippen MR) is 68.5 cm³/mol. The molecular weight excluding hydrogens is 228 g/mol. The van der Waals surface area contributed by atoms with Gasteiger partial charge in [-0.2, -0.15) is 0 Å². The number of carboxylic acids is 1. The van der Waals surface area contributed by atoms with Gasteiger partial charge in [-0.15, -0.1) is 0 Å². The Morgan fingerprint density at radius 3 is 2.56 bits per heavy atom. The maximum Gasteiger partial charge on any atom is 0.371 e. The van der Waals surface area contributed by atoms with Crippen LogP contribution >= 0.6 is 0 Å². The van der Waals surface area contributed by atoms with Crippen molar-refractivity contribution < 1.29 is 9.90 Å². The second-order valence-electron chi connectivity index (χ2n) is 3.99. The zero-order valence-corrected chi connectivity index (χ0v) is 9.42. The van der Waals surface area contributed by atoms with Crippen molar-refractivity contribution in [1.82, 2.24) is 9.97 Å². The van der Waals surface area contributed by atoms with E-state index in [0.717, 1.165) is 16.6 Å². The van der Waals surface area contributed by atoms with E-state index in [1.54, 1.807) is 0 Å². The number of benzene rings is 2. The largest absolute Gasteiger partial charge is 0.475 e. The van der Waals surface area contributed by atoms with Crippen molar-refractivity contribution in [1.29, 1.82) is 0 Å². The van der Waals surface area contributed by atoms with Crippen LogP contribution in [0.2, 0.25) is 0 Å². The number of hydrogen-bond acceptors (Lipinski definition) is 2. The van der Waals surface area contributed by atoms with Gasteiger partial charge in [0.15, 0.2) is 0 Å². The van der Waals surface area contributed by atoms with Crippen LogP contribution in [0.15, 0.2) is 48.5 Å². The number of imidazole rings is 1. The van der Waals surface area contributed by atoms with Gasteiger partial charge in [-0.1, -0.05) is 36.4 Å². The number of aromatic carboxylic acids is 1. The Labute approximate surface area is 103 Å². The van der Waals surface area contributed by atoms with E-state index in [4.69, 9.17) is 5.11 Å². The summed E-state index contributed by atoms with van der Waals surface area (Å²) in [4.78, 5) is 17.6. The third-order valence-corrected chi connectivity index (χ3v) is 2.79.